The highest BCUT2D eigenvalue weighted by molar-refractivity contribution is 6.04. The second-order valence-corrected chi connectivity index (χ2v) is 11.3. The van der Waals surface area contributed by atoms with Crippen LogP contribution in [0.4, 0.5) is 5.69 Å². The lowest BCUT2D eigenvalue weighted by atomic mass is 9.44. The highest BCUT2D eigenvalue weighted by Crippen LogP contribution is 2.64. The van der Waals surface area contributed by atoms with Crippen molar-refractivity contribution in [3.8, 4) is 5.75 Å². The normalized spacial score (nSPS) is 33.3. The van der Waals surface area contributed by atoms with Gasteiger partial charge < -0.3 is 10.1 Å². The molecule has 2 aliphatic carbocycles. The second-order valence-electron chi connectivity index (χ2n) is 11.3. The quantitative estimate of drug-likeness (QED) is 0.579. The molecular formula is C28H35NO2. The number of nitrogens with one attached hydrogen (secondary N) is 1. The lowest BCUT2D eigenvalue weighted by molar-refractivity contribution is -0.162. The highest BCUT2D eigenvalue weighted by Gasteiger charge is 2.60. The van der Waals surface area contributed by atoms with Crippen molar-refractivity contribution in [2.45, 2.75) is 71.8 Å². The van der Waals surface area contributed by atoms with Crippen LogP contribution in [0.3, 0.4) is 0 Å². The van der Waals surface area contributed by atoms with E-state index in [2.05, 4.69) is 39.1 Å². The minimum atomic E-state index is -0.112. The van der Waals surface area contributed by atoms with Crippen molar-refractivity contribution in [3.05, 3.63) is 59.7 Å². The molecule has 2 saturated carbocycles. The summed E-state index contributed by atoms with van der Waals surface area (Å²) in [5.41, 5.74) is 3.28. The second kappa shape index (κ2) is 7.12. The molecule has 2 aromatic rings. The number of amides is 1. The van der Waals surface area contributed by atoms with E-state index >= 15 is 0 Å². The zero-order valence-corrected chi connectivity index (χ0v) is 19.3. The zero-order valence-electron chi connectivity index (χ0n) is 19.3. The molecule has 0 spiro atoms. The van der Waals surface area contributed by atoms with Crippen LogP contribution in [-0.2, 0) is 6.42 Å². The van der Waals surface area contributed by atoms with E-state index in [0.717, 1.165) is 30.2 Å². The number of anilines is 1. The predicted octanol–water partition coefficient (Wildman–Crippen LogP) is 6.88. The number of fused-ring (bicyclic) bond motifs is 4. The molecule has 0 radical (unpaired) electrons. The number of hydrogen-bond acceptors (Lipinski definition) is 2. The molecule has 3 aliphatic rings. The lowest BCUT2D eigenvalue weighted by Crippen LogP contribution is -2.61. The largest absolute Gasteiger partial charge is 0.487 e. The average molecular weight is 418 g/mol. The minimum Gasteiger partial charge on any atom is -0.487 e. The van der Waals surface area contributed by atoms with E-state index in [1.807, 2.05) is 42.5 Å². The third-order valence-electron chi connectivity index (χ3n) is 8.86. The van der Waals surface area contributed by atoms with Crippen molar-refractivity contribution in [3.63, 3.8) is 0 Å². The summed E-state index contributed by atoms with van der Waals surface area (Å²) < 4.78 is 6.73. The van der Waals surface area contributed by atoms with Crippen LogP contribution in [-0.4, -0.2) is 11.5 Å². The maximum absolute atomic E-state index is 12.9. The van der Waals surface area contributed by atoms with Gasteiger partial charge in [0.2, 0.25) is 0 Å². The van der Waals surface area contributed by atoms with E-state index < -0.39 is 0 Å². The first-order chi connectivity index (χ1) is 14.7. The molecular weight excluding hydrogens is 382 g/mol. The van der Waals surface area contributed by atoms with Gasteiger partial charge in [-0.25, -0.2) is 0 Å². The minimum absolute atomic E-state index is 0.0612. The summed E-state index contributed by atoms with van der Waals surface area (Å²) >= 11 is 0. The van der Waals surface area contributed by atoms with Gasteiger partial charge in [-0.1, -0.05) is 45.4 Å². The van der Waals surface area contributed by atoms with Gasteiger partial charge >= 0.3 is 0 Å². The standard InChI is InChI=1S/C28H35NO2/c1-26(2)14-8-15-27(3)23(26)13-16-28(4)24(27)18-20-17-19(11-12-22(20)31-28)25(30)29-21-9-6-5-7-10-21/h5-7,9-12,17,23-24H,8,13-16,18H2,1-4H3,(H,29,30)/t23-,24+,27-,28+/m0/s1. The Morgan fingerprint density at radius 3 is 2.52 bits per heavy atom. The Kier molecular flexibility index (Phi) is 4.73. The van der Waals surface area contributed by atoms with Gasteiger partial charge in [0.15, 0.2) is 0 Å². The predicted molar refractivity (Wildman–Crippen MR) is 126 cm³/mol. The van der Waals surface area contributed by atoms with Crippen LogP contribution in [0.5, 0.6) is 5.75 Å². The number of rotatable bonds is 2. The lowest BCUT2D eigenvalue weighted by Gasteiger charge is -2.63. The van der Waals surface area contributed by atoms with E-state index in [1.165, 1.54) is 31.2 Å². The van der Waals surface area contributed by atoms with Gasteiger partial charge in [-0.2, -0.15) is 0 Å². The molecule has 164 valence electrons. The van der Waals surface area contributed by atoms with Crippen molar-refractivity contribution in [2.24, 2.45) is 22.7 Å². The first-order valence-corrected chi connectivity index (χ1v) is 11.9. The Morgan fingerprint density at radius 1 is 0.968 bits per heavy atom. The summed E-state index contributed by atoms with van der Waals surface area (Å²) in [7, 11) is 0. The highest BCUT2D eigenvalue weighted by atomic mass is 16.5. The Hall–Kier alpha value is -2.29. The molecule has 2 fully saturated rings. The van der Waals surface area contributed by atoms with Crippen molar-refractivity contribution in [1.29, 1.82) is 0 Å². The van der Waals surface area contributed by atoms with E-state index in [9.17, 15) is 4.79 Å². The van der Waals surface area contributed by atoms with Crippen LogP contribution >= 0.6 is 0 Å². The Morgan fingerprint density at radius 2 is 1.74 bits per heavy atom. The zero-order chi connectivity index (χ0) is 21.9. The number of benzene rings is 2. The summed E-state index contributed by atoms with van der Waals surface area (Å²) in [6.45, 7) is 9.81. The molecule has 3 heteroatoms. The third-order valence-corrected chi connectivity index (χ3v) is 8.86. The first-order valence-electron chi connectivity index (χ1n) is 11.9. The maximum atomic E-state index is 12.9. The van der Waals surface area contributed by atoms with Gasteiger partial charge in [-0.3, -0.25) is 4.79 Å². The van der Waals surface area contributed by atoms with Crippen molar-refractivity contribution < 1.29 is 9.53 Å². The third kappa shape index (κ3) is 3.37. The summed E-state index contributed by atoms with van der Waals surface area (Å²) in [4.78, 5) is 12.9. The van der Waals surface area contributed by atoms with Gasteiger partial charge in [0.1, 0.15) is 11.4 Å². The monoisotopic (exact) mass is 417 g/mol. The summed E-state index contributed by atoms with van der Waals surface area (Å²) in [5, 5.41) is 3.01. The van der Waals surface area contributed by atoms with E-state index in [0.29, 0.717) is 16.9 Å². The van der Waals surface area contributed by atoms with Crippen LogP contribution in [0, 0.1) is 22.7 Å². The van der Waals surface area contributed by atoms with Crippen LogP contribution < -0.4 is 10.1 Å². The van der Waals surface area contributed by atoms with E-state index in [4.69, 9.17) is 4.74 Å². The smallest absolute Gasteiger partial charge is 0.255 e. The maximum Gasteiger partial charge on any atom is 0.255 e. The Labute approximate surface area is 186 Å². The van der Waals surface area contributed by atoms with Crippen LogP contribution in [0.15, 0.2) is 48.5 Å². The fourth-order valence-corrected chi connectivity index (χ4v) is 7.35. The number of hydrogen-bond donors (Lipinski definition) is 1. The molecule has 1 amide bonds. The molecule has 4 atom stereocenters. The van der Waals surface area contributed by atoms with Crippen molar-refractivity contribution in [2.75, 3.05) is 5.32 Å². The number of para-hydroxylation sites is 1. The van der Waals surface area contributed by atoms with Gasteiger partial charge in [0, 0.05) is 17.2 Å². The molecule has 1 aliphatic heterocycles. The van der Waals surface area contributed by atoms with Gasteiger partial charge in [-0.05, 0) is 91.7 Å². The van der Waals surface area contributed by atoms with Crippen LogP contribution in [0.25, 0.3) is 0 Å². The molecule has 1 heterocycles. The molecule has 0 bridgehead atoms. The molecule has 1 N–H and O–H groups in total. The first kappa shape index (κ1) is 20.6. The Bertz CT molecular complexity index is 997. The van der Waals surface area contributed by atoms with Gasteiger partial charge in [-0.15, -0.1) is 0 Å². The van der Waals surface area contributed by atoms with E-state index in [-0.39, 0.29) is 16.9 Å². The van der Waals surface area contributed by atoms with Crippen LogP contribution in [0.1, 0.15) is 75.7 Å². The number of carbonyl (C=O) groups is 1. The molecule has 0 unspecified atom stereocenters. The van der Waals surface area contributed by atoms with Crippen molar-refractivity contribution >= 4 is 11.6 Å². The molecule has 5 rings (SSSR count). The van der Waals surface area contributed by atoms with Gasteiger partial charge in [0.25, 0.3) is 5.91 Å². The summed E-state index contributed by atoms with van der Waals surface area (Å²) in [5.74, 6) is 2.13. The topological polar surface area (TPSA) is 38.3 Å². The molecule has 31 heavy (non-hydrogen) atoms. The van der Waals surface area contributed by atoms with Crippen molar-refractivity contribution in [1.82, 2.24) is 0 Å². The summed E-state index contributed by atoms with van der Waals surface area (Å²) in [6, 6.07) is 15.6. The number of carbonyl (C=O) groups excluding carboxylic acids is 1. The fraction of sp³-hybridized carbons (Fsp3) is 0.536. The van der Waals surface area contributed by atoms with Gasteiger partial charge in [0.05, 0.1) is 0 Å². The molecule has 3 nitrogen and oxygen atoms in total. The SMILES string of the molecule is CC1(C)CCC[C@]2(C)[C@H]3Cc4cc(C(=O)Nc5ccccc5)ccc4O[C@]3(C)CC[C@@H]12. The summed E-state index contributed by atoms with van der Waals surface area (Å²) in [6.07, 6.45) is 7.30. The van der Waals surface area contributed by atoms with Crippen LogP contribution in [0.2, 0.25) is 0 Å². The Balaban J connectivity index is 1.45. The fourth-order valence-electron chi connectivity index (χ4n) is 7.35. The number of ether oxygens (including phenoxy) is 1. The molecule has 2 aromatic carbocycles. The molecule has 0 saturated heterocycles. The van der Waals surface area contributed by atoms with E-state index in [1.54, 1.807) is 0 Å². The average Bonchev–Trinajstić information content (AvgIpc) is 2.72. The molecule has 0 aromatic heterocycles.